The van der Waals surface area contributed by atoms with Crippen LogP contribution in [0.15, 0.2) is 72.8 Å². The maximum atomic E-state index is 12.8. The van der Waals surface area contributed by atoms with Gasteiger partial charge in [-0.2, -0.15) is 13.2 Å². The van der Waals surface area contributed by atoms with Crippen molar-refractivity contribution in [2.45, 2.75) is 32.4 Å². The van der Waals surface area contributed by atoms with Crippen LogP contribution in [-0.4, -0.2) is 18.4 Å². The van der Waals surface area contributed by atoms with Crippen molar-refractivity contribution < 1.29 is 27.5 Å². The summed E-state index contributed by atoms with van der Waals surface area (Å²) in [5, 5.41) is 0. The molecule has 0 aliphatic carbocycles. The predicted octanol–water partition coefficient (Wildman–Crippen LogP) is 6.71. The summed E-state index contributed by atoms with van der Waals surface area (Å²) in [6.45, 7) is 5.77. The normalized spacial score (nSPS) is 11.8. The van der Waals surface area contributed by atoms with Crippen LogP contribution in [0.2, 0.25) is 0 Å². The summed E-state index contributed by atoms with van der Waals surface area (Å²) in [6, 6.07) is 18.1. The van der Waals surface area contributed by atoms with E-state index in [1.165, 1.54) is 18.2 Å². The van der Waals surface area contributed by atoms with Gasteiger partial charge < -0.3 is 4.74 Å². The number of benzene rings is 3. The number of alkyl halides is 3. The van der Waals surface area contributed by atoms with Crippen LogP contribution in [0.3, 0.4) is 0 Å². The monoisotopic (exact) mass is 440 g/mol. The summed E-state index contributed by atoms with van der Waals surface area (Å²) < 4.78 is 43.7. The SMILES string of the molecule is CC(C)(C)c1ccc(C(=O)COC(=O)c2ccccc2-c2ccc(C(F)(F)F)cc2)cc1. The van der Waals surface area contributed by atoms with Crippen LogP contribution < -0.4 is 0 Å². The quantitative estimate of drug-likeness (QED) is 0.327. The molecule has 0 saturated carbocycles. The number of carbonyl (C=O) groups excluding carboxylic acids is 2. The van der Waals surface area contributed by atoms with Gasteiger partial charge in [-0.1, -0.05) is 75.4 Å². The molecule has 0 saturated heterocycles. The summed E-state index contributed by atoms with van der Waals surface area (Å²) in [6.07, 6.45) is -4.44. The van der Waals surface area contributed by atoms with Crippen LogP contribution in [0.1, 0.15) is 52.6 Å². The van der Waals surface area contributed by atoms with Crippen molar-refractivity contribution in [1.29, 1.82) is 0 Å². The molecule has 0 spiro atoms. The fourth-order valence-corrected chi connectivity index (χ4v) is 3.20. The number of carbonyl (C=O) groups is 2. The minimum absolute atomic E-state index is 0.0456. The molecule has 3 aromatic rings. The minimum atomic E-state index is -4.44. The van der Waals surface area contributed by atoms with Crippen molar-refractivity contribution in [1.82, 2.24) is 0 Å². The second-order valence-electron chi connectivity index (χ2n) is 8.45. The maximum absolute atomic E-state index is 12.8. The van der Waals surface area contributed by atoms with Crippen molar-refractivity contribution in [3.8, 4) is 11.1 Å². The first-order valence-corrected chi connectivity index (χ1v) is 10.0. The van der Waals surface area contributed by atoms with Gasteiger partial charge in [0.05, 0.1) is 11.1 Å². The fourth-order valence-electron chi connectivity index (χ4n) is 3.20. The van der Waals surface area contributed by atoms with E-state index in [0.717, 1.165) is 17.7 Å². The van der Waals surface area contributed by atoms with Crippen LogP contribution in [0, 0.1) is 0 Å². The lowest BCUT2D eigenvalue weighted by atomic mass is 9.86. The van der Waals surface area contributed by atoms with Gasteiger partial charge in [-0.15, -0.1) is 0 Å². The number of halogens is 3. The van der Waals surface area contributed by atoms with Crippen molar-refractivity contribution in [2.75, 3.05) is 6.61 Å². The summed E-state index contributed by atoms with van der Waals surface area (Å²) in [5.41, 5.74) is 1.73. The van der Waals surface area contributed by atoms with Crippen LogP contribution >= 0.6 is 0 Å². The van der Waals surface area contributed by atoms with Gasteiger partial charge in [0.25, 0.3) is 0 Å². The third kappa shape index (κ3) is 5.44. The van der Waals surface area contributed by atoms with Crippen molar-refractivity contribution in [3.63, 3.8) is 0 Å². The molecule has 6 heteroatoms. The van der Waals surface area contributed by atoms with Gasteiger partial charge in [-0.05, 0) is 40.3 Å². The molecule has 0 aliphatic heterocycles. The molecule has 0 radical (unpaired) electrons. The minimum Gasteiger partial charge on any atom is -0.454 e. The van der Waals surface area contributed by atoms with E-state index in [9.17, 15) is 22.8 Å². The smallest absolute Gasteiger partial charge is 0.416 e. The second kappa shape index (κ2) is 8.99. The molecule has 32 heavy (non-hydrogen) atoms. The molecule has 0 atom stereocenters. The molecule has 3 aromatic carbocycles. The van der Waals surface area contributed by atoms with E-state index in [-0.39, 0.29) is 16.8 Å². The van der Waals surface area contributed by atoms with E-state index >= 15 is 0 Å². The highest BCUT2D eigenvalue weighted by Crippen LogP contribution is 2.32. The Morgan fingerprint density at radius 2 is 1.34 bits per heavy atom. The van der Waals surface area contributed by atoms with Gasteiger partial charge in [-0.25, -0.2) is 4.79 Å². The average Bonchev–Trinajstić information content (AvgIpc) is 2.76. The number of hydrogen-bond donors (Lipinski definition) is 0. The number of hydrogen-bond acceptors (Lipinski definition) is 3. The highest BCUT2D eigenvalue weighted by Gasteiger charge is 2.30. The molecule has 3 rings (SSSR count). The zero-order chi connectivity index (χ0) is 23.5. The molecule has 0 aromatic heterocycles. The molecule has 0 heterocycles. The Labute approximate surface area is 184 Å². The Bertz CT molecular complexity index is 1110. The Morgan fingerprint density at radius 1 is 0.781 bits per heavy atom. The number of ketones is 1. The third-order valence-electron chi connectivity index (χ3n) is 5.08. The predicted molar refractivity (Wildman–Crippen MR) is 117 cm³/mol. The van der Waals surface area contributed by atoms with E-state index < -0.39 is 24.3 Å². The maximum Gasteiger partial charge on any atom is 0.416 e. The van der Waals surface area contributed by atoms with Crippen molar-refractivity contribution >= 4 is 11.8 Å². The summed E-state index contributed by atoms with van der Waals surface area (Å²) >= 11 is 0. The number of esters is 1. The second-order valence-corrected chi connectivity index (χ2v) is 8.45. The summed E-state index contributed by atoms with van der Waals surface area (Å²) in [4.78, 5) is 25.1. The molecule has 0 fully saturated rings. The highest BCUT2D eigenvalue weighted by atomic mass is 19.4. The van der Waals surface area contributed by atoms with E-state index in [1.54, 1.807) is 30.3 Å². The Morgan fingerprint density at radius 3 is 1.91 bits per heavy atom. The van der Waals surface area contributed by atoms with Gasteiger partial charge >= 0.3 is 12.1 Å². The topological polar surface area (TPSA) is 43.4 Å². The van der Waals surface area contributed by atoms with Crippen LogP contribution in [-0.2, 0) is 16.3 Å². The zero-order valence-corrected chi connectivity index (χ0v) is 18.0. The summed E-state index contributed by atoms with van der Waals surface area (Å²) in [7, 11) is 0. The molecule has 0 bridgehead atoms. The highest BCUT2D eigenvalue weighted by molar-refractivity contribution is 6.01. The molecule has 0 amide bonds. The largest absolute Gasteiger partial charge is 0.454 e. The molecule has 166 valence electrons. The molecule has 0 aliphatic rings. The number of ether oxygens (including phenoxy) is 1. The van der Waals surface area contributed by atoms with Crippen LogP contribution in [0.25, 0.3) is 11.1 Å². The zero-order valence-electron chi connectivity index (χ0n) is 18.0. The van der Waals surface area contributed by atoms with E-state index in [0.29, 0.717) is 16.7 Å². The Kier molecular flexibility index (Phi) is 6.53. The lowest BCUT2D eigenvalue weighted by Crippen LogP contribution is -2.16. The summed E-state index contributed by atoms with van der Waals surface area (Å²) in [5.74, 6) is -1.06. The first kappa shape index (κ1) is 23.3. The Hall–Kier alpha value is -3.41. The molecule has 0 N–H and O–H groups in total. The average molecular weight is 440 g/mol. The fraction of sp³-hybridized carbons (Fsp3) is 0.231. The van der Waals surface area contributed by atoms with Gasteiger partial charge in [0, 0.05) is 5.56 Å². The lowest BCUT2D eigenvalue weighted by molar-refractivity contribution is -0.137. The van der Waals surface area contributed by atoms with E-state index in [4.69, 9.17) is 4.74 Å². The molecular weight excluding hydrogens is 417 g/mol. The molecular formula is C26H23F3O3. The number of rotatable bonds is 5. The van der Waals surface area contributed by atoms with E-state index in [1.807, 2.05) is 12.1 Å². The van der Waals surface area contributed by atoms with Crippen molar-refractivity contribution in [2.24, 2.45) is 0 Å². The van der Waals surface area contributed by atoms with Gasteiger partial charge in [0.2, 0.25) is 0 Å². The first-order chi connectivity index (χ1) is 15.0. The van der Waals surface area contributed by atoms with Gasteiger partial charge in [0.1, 0.15) is 0 Å². The van der Waals surface area contributed by atoms with Crippen molar-refractivity contribution in [3.05, 3.63) is 95.1 Å². The van der Waals surface area contributed by atoms with E-state index in [2.05, 4.69) is 20.8 Å². The lowest BCUT2D eigenvalue weighted by Gasteiger charge is -2.19. The van der Waals surface area contributed by atoms with Crippen LogP contribution in [0.4, 0.5) is 13.2 Å². The van der Waals surface area contributed by atoms with Gasteiger partial charge in [0.15, 0.2) is 12.4 Å². The standard InChI is InChI=1S/C26H23F3O3/c1-25(2,3)19-12-10-18(11-13-19)23(30)16-32-24(31)22-7-5-4-6-21(22)17-8-14-20(15-9-17)26(27,28)29/h4-15H,16H2,1-3H3. The first-order valence-electron chi connectivity index (χ1n) is 10.0. The third-order valence-corrected chi connectivity index (χ3v) is 5.08. The number of Topliss-reactive ketones (excluding diaryl/α,β-unsaturated/α-hetero) is 1. The molecule has 3 nitrogen and oxygen atoms in total. The van der Waals surface area contributed by atoms with Crippen LogP contribution in [0.5, 0.6) is 0 Å². The molecule has 0 unspecified atom stereocenters. The Balaban J connectivity index is 1.73. The van der Waals surface area contributed by atoms with Gasteiger partial charge in [-0.3, -0.25) is 4.79 Å².